The maximum absolute atomic E-state index is 12.6. The third kappa shape index (κ3) is 3.78. The van der Waals surface area contributed by atoms with Crippen molar-refractivity contribution in [3.63, 3.8) is 0 Å². The molecule has 6 nitrogen and oxygen atoms in total. The number of halogens is 1. The summed E-state index contributed by atoms with van der Waals surface area (Å²) < 4.78 is 1.43. The summed E-state index contributed by atoms with van der Waals surface area (Å²) in [7, 11) is 0. The lowest BCUT2D eigenvalue weighted by molar-refractivity contribution is -0.131. The molecule has 4 rings (SSSR count). The van der Waals surface area contributed by atoms with Gasteiger partial charge in [-0.3, -0.25) is 4.79 Å². The number of aryl methyl sites for hydroxylation is 1. The fourth-order valence-corrected chi connectivity index (χ4v) is 4.88. The Hall–Kier alpha value is -2.34. The number of fused-ring (bicyclic) bond motifs is 1. The minimum absolute atomic E-state index is 0.0543. The maximum atomic E-state index is 12.6. The summed E-state index contributed by atoms with van der Waals surface area (Å²) in [5, 5.41) is 4.82. The molecule has 7 heteroatoms. The zero-order chi connectivity index (χ0) is 19.8. The van der Waals surface area contributed by atoms with Crippen molar-refractivity contribution in [1.82, 2.24) is 19.6 Å². The van der Waals surface area contributed by atoms with Crippen LogP contribution in [0.15, 0.2) is 36.7 Å². The average molecular weight is 401 g/mol. The van der Waals surface area contributed by atoms with E-state index in [0.29, 0.717) is 23.4 Å². The van der Waals surface area contributed by atoms with Gasteiger partial charge in [0, 0.05) is 43.8 Å². The van der Waals surface area contributed by atoms with Gasteiger partial charge < -0.3 is 9.80 Å². The van der Waals surface area contributed by atoms with Crippen LogP contribution in [0.4, 0.5) is 4.79 Å². The van der Waals surface area contributed by atoms with E-state index in [2.05, 4.69) is 5.10 Å². The minimum Gasteiger partial charge on any atom is -0.336 e. The summed E-state index contributed by atoms with van der Waals surface area (Å²) in [6.07, 6.45) is 5.34. The van der Waals surface area contributed by atoms with Crippen LogP contribution in [-0.4, -0.2) is 50.6 Å². The van der Waals surface area contributed by atoms with Gasteiger partial charge in [0.15, 0.2) is 0 Å². The molecule has 0 N–H and O–H groups in total. The van der Waals surface area contributed by atoms with Gasteiger partial charge in [-0.05, 0) is 54.9 Å². The third-order valence-electron chi connectivity index (χ3n) is 5.99. The summed E-state index contributed by atoms with van der Waals surface area (Å²) in [6, 6.07) is 7.84. The molecule has 1 saturated heterocycles. The van der Waals surface area contributed by atoms with Gasteiger partial charge in [0.25, 0.3) is 0 Å². The number of amides is 2. The molecule has 1 aromatic heterocycles. The molecule has 2 fully saturated rings. The molecule has 3 atom stereocenters. The first kappa shape index (κ1) is 19.0. The SMILES string of the molecule is CC(=O)N(Cc1cccc(Cl)c1)C1C[C@@H]2CN(C(=O)n3cc(C)cn3)C[C@@H]2C1. The fourth-order valence-electron chi connectivity index (χ4n) is 4.67. The van der Waals surface area contributed by atoms with Crippen molar-refractivity contribution >= 4 is 23.5 Å². The molecule has 1 aliphatic heterocycles. The zero-order valence-corrected chi connectivity index (χ0v) is 17.0. The lowest BCUT2D eigenvalue weighted by Crippen LogP contribution is -2.39. The van der Waals surface area contributed by atoms with E-state index in [1.54, 1.807) is 19.3 Å². The van der Waals surface area contributed by atoms with E-state index in [9.17, 15) is 9.59 Å². The Bertz CT molecular complexity index is 882. The highest BCUT2D eigenvalue weighted by Crippen LogP contribution is 2.41. The first-order valence-corrected chi connectivity index (χ1v) is 10.1. The summed E-state index contributed by atoms with van der Waals surface area (Å²) in [4.78, 5) is 28.8. The quantitative estimate of drug-likeness (QED) is 0.791. The standard InChI is InChI=1S/C21H25ClN4O2/c1-14-9-23-26(10-14)21(28)24-12-17-7-20(8-18(17)13-24)25(15(2)27)11-16-4-3-5-19(22)6-16/h3-6,9-10,17-18,20H,7-8,11-13H2,1-2H3/t17-,18+,20?. The number of hydrogen-bond donors (Lipinski definition) is 0. The average Bonchev–Trinajstić information content (AvgIpc) is 3.33. The Morgan fingerprint density at radius 2 is 1.96 bits per heavy atom. The second-order valence-corrected chi connectivity index (χ2v) is 8.51. The first-order chi connectivity index (χ1) is 13.4. The molecule has 2 aliphatic rings. The van der Waals surface area contributed by atoms with Crippen molar-refractivity contribution in [3.05, 3.63) is 52.8 Å². The molecule has 0 radical (unpaired) electrons. The van der Waals surface area contributed by atoms with Gasteiger partial charge in [0.2, 0.25) is 5.91 Å². The first-order valence-electron chi connectivity index (χ1n) is 9.73. The van der Waals surface area contributed by atoms with Crippen LogP contribution in [0.5, 0.6) is 0 Å². The molecule has 28 heavy (non-hydrogen) atoms. The normalized spacial score (nSPS) is 23.7. The van der Waals surface area contributed by atoms with Crippen LogP contribution in [0.2, 0.25) is 5.02 Å². The van der Waals surface area contributed by atoms with E-state index in [0.717, 1.165) is 37.1 Å². The van der Waals surface area contributed by atoms with Crippen LogP contribution < -0.4 is 0 Å². The Morgan fingerprint density at radius 3 is 2.54 bits per heavy atom. The van der Waals surface area contributed by atoms with Crippen LogP contribution in [0.1, 0.15) is 30.9 Å². The zero-order valence-electron chi connectivity index (χ0n) is 16.2. The van der Waals surface area contributed by atoms with Crippen molar-refractivity contribution in [2.45, 2.75) is 39.3 Å². The molecular weight excluding hydrogens is 376 g/mol. The van der Waals surface area contributed by atoms with Gasteiger partial charge in [-0.1, -0.05) is 23.7 Å². The minimum atomic E-state index is -0.0543. The lowest BCUT2D eigenvalue weighted by Gasteiger charge is -2.29. The van der Waals surface area contributed by atoms with Gasteiger partial charge in [-0.25, -0.2) is 4.79 Å². The number of aromatic nitrogens is 2. The van der Waals surface area contributed by atoms with Crippen LogP contribution >= 0.6 is 11.6 Å². The molecule has 148 valence electrons. The second-order valence-electron chi connectivity index (χ2n) is 8.07. The van der Waals surface area contributed by atoms with Gasteiger partial charge >= 0.3 is 6.03 Å². The number of carbonyl (C=O) groups excluding carboxylic acids is 2. The molecule has 2 amide bonds. The van der Waals surface area contributed by atoms with E-state index in [1.165, 1.54) is 4.68 Å². The molecule has 2 heterocycles. The largest absolute Gasteiger partial charge is 0.344 e. The Labute approximate surface area is 170 Å². The summed E-state index contributed by atoms with van der Waals surface area (Å²) in [5.41, 5.74) is 2.02. The fraction of sp³-hybridized carbons (Fsp3) is 0.476. The Kier molecular flexibility index (Phi) is 5.15. The maximum Gasteiger partial charge on any atom is 0.344 e. The topological polar surface area (TPSA) is 58.4 Å². The van der Waals surface area contributed by atoms with Gasteiger partial charge in [-0.15, -0.1) is 0 Å². The molecule has 1 aromatic carbocycles. The molecule has 1 aliphatic carbocycles. The monoisotopic (exact) mass is 400 g/mol. The summed E-state index contributed by atoms with van der Waals surface area (Å²) in [5.74, 6) is 0.962. The summed E-state index contributed by atoms with van der Waals surface area (Å²) in [6.45, 7) is 5.61. The van der Waals surface area contributed by atoms with E-state index in [4.69, 9.17) is 11.6 Å². The van der Waals surface area contributed by atoms with Crippen molar-refractivity contribution in [3.8, 4) is 0 Å². The second kappa shape index (κ2) is 7.59. The highest BCUT2D eigenvalue weighted by molar-refractivity contribution is 6.30. The number of benzene rings is 1. The van der Waals surface area contributed by atoms with E-state index in [-0.39, 0.29) is 18.0 Å². The van der Waals surface area contributed by atoms with Crippen LogP contribution in [0, 0.1) is 18.8 Å². The molecule has 0 spiro atoms. The van der Waals surface area contributed by atoms with Crippen LogP contribution in [0.3, 0.4) is 0 Å². The predicted molar refractivity (Wildman–Crippen MR) is 107 cm³/mol. The van der Waals surface area contributed by atoms with Crippen molar-refractivity contribution in [2.24, 2.45) is 11.8 Å². The lowest BCUT2D eigenvalue weighted by atomic mass is 10.0. The highest BCUT2D eigenvalue weighted by Gasteiger charge is 2.44. The number of nitrogens with zero attached hydrogens (tertiary/aromatic N) is 4. The van der Waals surface area contributed by atoms with Crippen LogP contribution in [-0.2, 0) is 11.3 Å². The summed E-state index contributed by atoms with van der Waals surface area (Å²) >= 11 is 6.10. The Balaban J connectivity index is 1.40. The number of hydrogen-bond acceptors (Lipinski definition) is 3. The van der Waals surface area contributed by atoms with Crippen molar-refractivity contribution in [2.75, 3.05) is 13.1 Å². The number of carbonyl (C=O) groups is 2. The van der Waals surface area contributed by atoms with Crippen molar-refractivity contribution in [1.29, 1.82) is 0 Å². The van der Waals surface area contributed by atoms with Gasteiger partial charge in [-0.2, -0.15) is 9.78 Å². The number of rotatable bonds is 3. The third-order valence-corrected chi connectivity index (χ3v) is 6.23. The molecule has 1 unspecified atom stereocenters. The molecule has 0 bridgehead atoms. The number of likely N-dealkylation sites (tertiary alicyclic amines) is 1. The Morgan fingerprint density at radius 1 is 1.25 bits per heavy atom. The highest BCUT2D eigenvalue weighted by atomic mass is 35.5. The van der Waals surface area contributed by atoms with Crippen LogP contribution in [0.25, 0.3) is 0 Å². The van der Waals surface area contributed by atoms with Gasteiger partial charge in [0.1, 0.15) is 0 Å². The van der Waals surface area contributed by atoms with E-state index in [1.807, 2.05) is 41.0 Å². The van der Waals surface area contributed by atoms with E-state index < -0.39 is 0 Å². The van der Waals surface area contributed by atoms with Crippen molar-refractivity contribution < 1.29 is 9.59 Å². The smallest absolute Gasteiger partial charge is 0.336 e. The molecular formula is C21H25ClN4O2. The van der Waals surface area contributed by atoms with E-state index >= 15 is 0 Å². The molecule has 2 aromatic rings. The molecule has 1 saturated carbocycles. The van der Waals surface area contributed by atoms with Gasteiger partial charge in [0.05, 0.1) is 6.20 Å². The predicted octanol–water partition coefficient (Wildman–Crippen LogP) is 3.57.